The van der Waals surface area contributed by atoms with E-state index in [1.54, 1.807) is 22.7 Å². The Morgan fingerprint density at radius 3 is 1.75 bits per heavy atom. The van der Waals surface area contributed by atoms with Crippen molar-refractivity contribution in [2.75, 3.05) is 0 Å². The zero-order chi connectivity index (χ0) is 37.5. The van der Waals surface area contributed by atoms with Crippen LogP contribution in [0.4, 0.5) is 0 Å². The summed E-state index contributed by atoms with van der Waals surface area (Å²) in [5, 5.41) is 5.59. The second-order valence-electron chi connectivity index (χ2n) is 14.0. The molecule has 12 rings (SSSR count). The SMILES string of the molecule is c1ccc(-c2nc(-c3ccc4sc5ccccc5c4c3)nc(-c3cccc4sc5ccc(-c6nc(-c7ccccc7)nc7c6oc6ccccc67)cc5c34)n2)cc1. The molecule has 0 aliphatic rings. The first-order chi connectivity index (χ1) is 28.2. The first-order valence-electron chi connectivity index (χ1n) is 18.7. The molecule has 0 saturated heterocycles. The molecule has 8 heteroatoms. The smallest absolute Gasteiger partial charge is 0.180 e. The van der Waals surface area contributed by atoms with Gasteiger partial charge >= 0.3 is 0 Å². The first kappa shape index (κ1) is 32.1. The van der Waals surface area contributed by atoms with E-state index in [4.69, 9.17) is 29.3 Å². The second kappa shape index (κ2) is 12.7. The molecular weight excluding hydrogens is 739 g/mol. The highest BCUT2D eigenvalue weighted by molar-refractivity contribution is 7.26. The molecule has 266 valence electrons. The number of fused-ring (bicyclic) bond motifs is 9. The Morgan fingerprint density at radius 2 is 0.947 bits per heavy atom. The number of hydrogen-bond acceptors (Lipinski definition) is 8. The fourth-order valence-electron chi connectivity index (χ4n) is 7.87. The van der Waals surface area contributed by atoms with Crippen molar-refractivity contribution in [1.82, 2.24) is 24.9 Å². The van der Waals surface area contributed by atoms with E-state index in [-0.39, 0.29) is 0 Å². The molecule has 12 aromatic rings. The number of benzene rings is 7. The Kier molecular flexibility index (Phi) is 7.17. The number of aromatic nitrogens is 5. The zero-order valence-corrected chi connectivity index (χ0v) is 31.7. The number of para-hydroxylation sites is 1. The van der Waals surface area contributed by atoms with Crippen LogP contribution < -0.4 is 0 Å². The van der Waals surface area contributed by atoms with E-state index in [1.807, 2.05) is 66.7 Å². The van der Waals surface area contributed by atoms with Gasteiger partial charge in [-0.05, 0) is 54.6 Å². The standard InChI is InChI=1S/C49H27N5OS2/c1-3-12-28(13-4-1)46-50-43(45-44(51-46)33-17-7-9-19-37(33)55-45)30-22-24-40-36(26-30)42-34(18-11-21-41(42)57-40)49-53-47(29-14-5-2-6-15-29)52-48(54-49)31-23-25-39-35(27-31)32-16-8-10-20-38(32)56-39/h1-27H. The Labute approximate surface area is 333 Å². The Hall–Kier alpha value is -7.13. The van der Waals surface area contributed by atoms with Gasteiger partial charge in [0.25, 0.3) is 0 Å². The van der Waals surface area contributed by atoms with Crippen LogP contribution in [0.2, 0.25) is 0 Å². The number of furan rings is 1. The van der Waals surface area contributed by atoms with E-state index in [9.17, 15) is 0 Å². The third kappa shape index (κ3) is 5.26. The van der Waals surface area contributed by atoms with E-state index in [1.165, 1.54) is 20.2 Å². The van der Waals surface area contributed by atoms with Gasteiger partial charge in [-0.25, -0.2) is 24.9 Å². The molecule has 0 aliphatic carbocycles. The van der Waals surface area contributed by atoms with Crippen molar-refractivity contribution in [2.24, 2.45) is 0 Å². The molecule has 0 saturated carbocycles. The third-order valence-electron chi connectivity index (χ3n) is 10.6. The molecule has 0 unspecified atom stereocenters. The summed E-state index contributed by atoms with van der Waals surface area (Å²) in [6.07, 6.45) is 0. The van der Waals surface area contributed by atoms with E-state index >= 15 is 0 Å². The van der Waals surface area contributed by atoms with Crippen molar-refractivity contribution in [3.63, 3.8) is 0 Å². The largest absolute Gasteiger partial charge is 0.452 e. The van der Waals surface area contributed by atoms with Crippen LogP contribution in [0.5, 0.6) is 0 Å². The van der Waals surface area contributed by atoms with Crippen LogP contribution in [0.25, 0.3) is 119 Å². The highest BCUT2D eigenvalue weighted by Gasteiger charge is 2.21. The number of hydrogen-bond donors (Lipinski definition) is 0. The fourth-order valence-corrected chi connectivity index (χ4v) is 10.1. The van der Waals surface area contributed by atoms with Crippen LogP contribution in [0.15, 0.2) is 168 Å². The van der Waals surface area contributed by atoms with E-state index in [0.29, 0.717) is 28.9 Å². The average Bonchev–Trinajstić information content (AvgIpc) is 3.97. The van der Waals surface area contributed by atoms with E-state index < -0.39 is 0 Å². The van der Waals surface area contributed by atoms with Crippen molar-refractivity contribution >= 4 is 85.1 Å². The molecule has 0 spiro atoms. The molecule has 7 aromatic carbocycles. The molecular formula is C49H27N5OS2. The Balaban J connectivity index is 1.08. The van der Waals surface area contributed by atoms with Gasteiger partial charge in [0.15, 0.2) is 28.9 Å². The van der Waals surface area contributed by atoms with Crippen LogP contribution >= 0.6 is 22.7 Å². The van der Waals surface area contributed by atoms with Crippen molar-refractivity contribution in [1.29, 1.82) is 0 Å². The maximum atomic E-state index is 6.51. The Morgan fingerprint density at radius 1 is 0.368 bits per heavy atom. The predicted octanol–water partition coefficient (Wildman–Crippen LogP) is 13.6. The molecule has 6 nitrogen and oxygen atoms in total. The van der Waals surface area contributed by atoms with Crippen molar-refractivity contribution < 1.29 is 4.42 Å². The minimum absolute atomic E-state index is 0.623. The summed E-state index contributed by atoms with van der Waals surface area (Å²) < 4.78 is 11.3. The maximum absolute atomic E-state index is 6.51. The number of rotatable bonds is 5. The predicted molar refractivity (Wildman–Crippen MR) is 236 cm³/mol. The number of thiophene rings is 2. The van der Waals surface area contributed by atoms with Crippen molar-refractivity contribution in [2.45, 2.75) is 0 Å². The van der Waals surface area contributed by atoms with Gasteiger partial charge in [-0.1, -0.05) is 109 Å². The molecule has 5 aromatic heterocycles. The van der Waals surface area contributed by atoms with E-state index in [0.717, 1.165) is 70.2 Å². The normalized spacial score (nSPS) is 11.9. The lowest BCUT2D eigenvalue weighted by Crippen LogP contribution is -2.00. The lowest BCUT2D eigenvalue weighted by molar-refractivity contribution is 0.667. The molecule has 0 N–H and O–H groups in total. The third-order valence-corrected chi connectivity index (χ3v) is 12.9. The molecule has 0 aliphatic heterocycles. The molecule has 5 heterocycles. The molecule has 0 bridgehead atoms. The van der Waals surface area contributed by atoms with Gasteiger partial charge in [0.1, 0.15) is 16.8 Å². The maximum Gasteiger partial charge on any atom is 0.180 e. The Bertz CT molecular complexity index is 3540. The lowest BCUT2D eigenvalue weighted by atomic mass is 10.0. The van der Waals surface area contributed by atoms with Gasteiger partial charge in [-0.2, -0.15) is 0 Å². The van der Waals surface area contributed by atoms with Crippen molar-refractivity contribution in [3.05, 3.63) is 164 Å². The fraction of sp³-hybridized carbons (Fsp3) is 0. The van der Waals surface area contributed by atoms with Crippen LogP contribution in [0, 0.1) is 0 Å². The minimum atomic E-state index is 0.623. The van der Waals surface area contributed by atoms with Gasteiger partial charge in [-0.15, -0.1) is 22.7 Å². The molecule has 0 fully saturated rings. The highest BCUT2D eigenvalue weighted by atomic mass is 32.1. The van der Waals surface area contributed by atoms with Crippen LogP contribution in [0.3, 0.4) is 0 Å². The van der Waals surface area contributed by atoms with Gasteiger partial charge in [0.2, 0.25) is 0 Å². The quantitative estimate of drug-likeness (QED) is 0.174. The summed E-state index contributed by atoms with van der Waals surface area (Å²) in [5.74, 6) is 2.54. The summed E-state index contributed by atoms with van der Waals surface area (Å²) in [6, 6.07) is 56.4. The molecule has 0 radical (unpaired) electrons. The molecule has 57 heavy (non-hydrogen) atoms. The van der Waals surface area contributed by atoms with Crippen LogP contribution in [-0.4, -0.2) is 24.9 Å². The molecule has 0 atom stereocenters. The van der Waals surface area contributed by atoms with Gasteiger partial charge in [0, 0.05) is 73.5 Å². The zero-order valence-electron chi connectivity index (χ0n) is 30.0. The lowest BCUT2D eigenvalue weighted by Gasteiger charge is -2.10. The molecule has 0 amide bonds. The number of nitrogens with zero attached hydrogens (tertiary/aromatic N) is 5. The van der Waals surface area contributed by atoms with Crippen LogP contribution in [0.1, 0.15) is 0 Å². The first-order valence-corrected chi connectivity index (χ1v) is 20.3. The van der Waals surface area contributed by atoms with E-state index in [2.05, 4.69) is 97.1 Å². The van der Waals surface area contributed by atoms with Gasteiger partial charge in [-0.3, -0.25) is 0 Å². The monoisotopic (exact) mass is 765 g/mol. The highest BCUT2D eigenvalue weighted by Crippen LogP contribution is 2.43. The summed E-state index contributed by atoms with van der Waals surface area (Å²) in [6.45, 7) is 0. The summed E-state index contributed by atoms with van der Waals surface area (Å²) in [7, 11) is 0. The summed E-state index contributed by atoms with van der Waals surface area (Å²) in [5.41, 5.74) is 7.71. The average molecular weight is 766 g/mol. The van der Waals surface area contributed by atoms with Gasteiger partial charge < -0.3 is 4.42 Å². The summed E-state index contributed by atoms with van der Waals surface area (Å²) in [4.78, 5) is 25.7. The summed E-state index contributed by atoms with van der Waals surface area (Å²) >= 11 is 3.56. The minimum Gasteiger partial charge on any atom is -0.452 e. The van der Waals surface area contributed by atoms with Gasteiger partial charge in [0.05, 0.1) is 0 Å². The topological polar surface area (TPSA) is 77.6 Å². The van der Waals surface area contributed by atoms with Crippen molar-refractivity contribution in [3.8, 4) is 56.8 Å². The van der Waals surface area contributed by atoms with Crippen LogP contribution in [-0.2, 0) is 0 Å². The second-order valence-corrected chi connectivity index (χ2v) is 16.2.